The summed E-state index contributed by atoms with van der Waals surface area (Å²) in [5.74, 6) is 0. The van der Waals surface area contributed by atoms with E-state index in [1.165, 1.54) is 111 Å². The van der Waals surface area contributed by atoms with Crippen LogP contribution < -0.4 is 0 Å². The van der Waals surface area contributed by atoms with E-state index in [1.54, 1.807) is 0 Å². The number of fused-ring (bicyclic) bond motifs is 6. The topological polar surface area (TPSA) is 0 Å². The van der Waals surface area contributed by atoms with Gasteiger partial charge in [-0.05, 0) is 160 Å². The normalized spacial score (nSPS) is 11.3. The lowest BCUT2D eigenvalue weighted by Crippen LogP contribution is -1.68. The second kappa shape index (κ2) is 15.2. The Labute approximate surface area is 352 Å². The maximum atomic E-state index is 2.30. The average Bonchev–Trinajstić information content (AvgIpc) is 4.09. The van der Waals surface area contributed by atoms with Crippen molar-refractivity contribution in [1.82, 2.24) is 0 Å². The molecule has 0 aromatic carbocycles. The van der Waals surface area contributed by atoms with Crippen LogP contribution in [0.2, 0.25) is 0 Å². The maximum absolute atomic E-state index is 2.30. The quantitative estimate of drug-likeness (QED) is 0.168. The summed E-state index contributed by atoms with van der Waals surface area (Å²) in [6.07, 6.45) is 0. The van der Waals surface area contributed by atoms with Crippen molar-refractivity contribution in [3.05, 3.63) is 243 Å². The third-order valence-corrected chi connectivity index (χ3v) is 12.0. The fourth-order valence-electron chi connectivity index (χ4n) is 8.69. The van der Waals surface area contributed by atoms with E-state index in [0.717, 1.165) is 0 Å². The molecule has 0 unspecified atom stereocenters. The zero-order valence-electron chi connectivity index (χ0n) is 33.1. The van der Waals surface area contributed by atoms with Gasteiger partial charge in [0.05, 0.1) is 0 Å². The molecule has 0 amide bonds. The summed E-state index contributed by atoms with van der Waals surface area (Å²) in [6, 6.07) is 88.0. The number of rotatable bonds is 4. The fourth-order valence-corrected chi connectivity index (χ4v) is 8.69. The Kier molecular flexibility index (Phi) is 8.95. The molecule has 0 aromatic rings. The molecule has 0 radical (unpaired) electrons. The van der Waals surface area contributed by atoms with Gasteiger partial charge >= 0.3 is 0 Å². The molecule has 0 saturated carbocycles. The van der Waals surface area contributed by atoms with Crippen molar-refractivity contribution in [2.24, 2.45) is 0 Å². The van der Waals surface area contributed by atoms with Gasteiger partial charge in [-0.1, -0.05) is 194 Å². The van der Waals surface area contributed by atoms with Gasteiger partial charge in [-0.25, -0.2) is 0 Å². The van der Waals surface area contributed by atoms with Crippen molar-refractivity contribution in [3.63, 3.8) is 0 Å². The second-order valence-corrected chi connectivity index (χ2v) is 15.8. The van der Waals surface area contributed by atoms with Crippen LogP contribution in [0.5, 0.6) is 0 Å². The third kappa shape index (κ3) is 6.95. The van der Waals surface area contributed by atoms with Gasteiger partial charge in [0.1, 0.15) is 0 Å². The van der Waals surface area contributed by atoms with Gasteiger partial charge in [0.15, 0.2) is 0 Å². The molecule has 0 N–H and O–H groups in total. The van der Waals surface area contributed by atoms with E-state index in [9.17, 15) is 0 Å². The number of hydrogen-bond acceptors (Lipinski definition) is 0. The van der Waals surface area contributed by atoms with Crippen LogP contribution in [0.1, 0.15) is 0 Å². The van der Waals surface area contributed by atoms with E-state index < -0.39 is 0 Å². The van der Waals surface area contributed by atoms with E-state index in [1.807, 2.05) is 0 Å². The van der Waals surface area contributed by atoms with Gasteiger partial charge in [0.25, 0.3) is 0 Å². The largest absolute Gasteiger partial charge is 0.0622 e. The summed E-state index contributed by atoms with van der Waals surface area (Å²) in [5, 5.41) is 0. The fraction of sp³-hybridized carbons (Fsp3) is 0. The van der Waals surface area contributed by atoms with Gasteiger partial charge < -0.3 is 0 Å². The van der Waals surface area contributed by atoms with Crippen molar-refractivity contribution < 1.29 is 0 Å². The van der Waals surface area contributed by atoms with Crippen LogP contribution in [0.4, 0.5) is 0 Å². The minimum atomic E-state index is 1.23. The van der Waals surface area contributed by atoms with E-state index in [0.29, 0.717) is 0 Å². The van der Waals surface area contributed by atoms with Gasteiger partial charge in [0, 0.05) is 0 Å². The number of hydrogen-bond donors (Lipinski definition) is 0. The molecule has 0 saturated heterocycles. The molecule has 0 spiro atoms. The first-order chi connectivity index (χ1) is 29.7. The zero-order chi connectivity index (χ0) is 39.8. The summed E-state index contributed by atoms with van der Waals surface area (Å²) in [4.78, 5) is 0. The van der Waals surface area contributed by atoms with Crippen molar-refractivity contribution in [2.75, 3.05) is 0 Å². The first-order valence-corrected chi connectivity index (χ1v) is 20.7. The molecule has 0 heterocycles. The SMILES string of the molecule is c1ccc2cc(-c3cc4ccc(-c5ccc6cccc-6cc5)ccc-4c3)cc-2cc1.c1ccc2cc(-c3cc4ccc(-c5ccc6cccc-6cc5)ccc-4c3)cc-2cc1. The molecule has 12 aliphatic rings. The van der Waals surface area contributed by atoms with E-state index in [4.69, 9.17) is 0 Å². The van der Waals surface area contributed by atoms with Crippen LogP contribution in [-0.4, -0.2) is 0 Å². The Morgan fingerprint density at radius 1 is 0.100 bits per heavy atom. The smallest absolute Gasteiger partial charge is 0.0171 e. The Morgan fingerprint density at radius 2 is 0.250 bits per heavy atom. The summed E-state index contributed by atoms with van der Waals surface area (Å²) in [5.41, 5.74) is 25.4. The molecule has 12 aliphatic carbocycles. The predicted molar refractivity (Wildman–Crippen MR) is 254 cm³/mol. The first kappa shape index (κ1) is 35.4. The summed E-state index contributed by atoms with van der Waals surface area (Å²) >= 11 is 0. The molecule has 0 aliphatic heterocycles. The highest BCUT2D eigenvalue weighted by Crippen LogP contribution is 2.39. The first-order valence-electron chi connectivity index (χ1n) is 20.7. The molecular formula is C60H40. The molecular weight excluding hydrogens is 721 g/mol. The summed E-state index contributed by atoms with van der Waals surface area (Å²) < 4.78 is 0. The van der Waals surface area contributed by atoms with Crippen molar-refractivity contribution in [3.8, 4) is 111 Å². The monoisotopic (exact) mass is 760 g/mol. The average molecular weight is 761 g/mol. The summed E-state index contributed by atoms with van der Waals surface area (Å²) in [7, 11) is 0. The minimum absolute atomic E-state index is 1.23. The highest BCUT2D eigenvalue weighted by atomic mass is 14.2. The molecule has 0 nitrogen and oxygen atoms in total. The molecule has 60 heavy (non-hydrogen) atoms. The van der Waals surface area contributed by atoms with E-state index in [-0.39, 0.29) is 0 Å². The van der Waals surface area contributed by atoms with Gasteiger partial charge in [0.2, 0.25) is 0 Å². The lowest BCUT2D eigenvalue weighted by molar-refractivity contribution is 1.72. The molecule has 0 atom stereocenters. The lowest BCUT2D eigenvalue weighted by atomic mass is 10.1. The van der Waals surface area contributed by atoms with Crippen LogP contribution in [-0.2, 0) is 0 Å². The van der Waals surface area contributed by atoms with Gasteiger partial charge in [-0.15, -0.1) is 0 Å². The Morgan fingerprint density at radius 3 is 0.467 bits per heavy atom. The molecule has 0 heteroatoms. The van der Waals surface area contributed by atoms with E-state index >= 15 is 0 Å². The van der Waals surface area contributed by atoms with Crippen LogP contribution in [0.3, 0.4) is 0 Å². The maximum Gasteiger partial charge on any atom is -0.0171 e. The summed E-state index contributed by atoms with van der Waals surface area (Å²) in [6.45, 7) is 0. The molecule has 0 bridgehead atoms. The third-order valence-electron chi connectivity index (χ3n) is 12.0. The van der Waals surface area contributed by atoms with Gasteiger partial charge in [-0.2, -0.15) is 0 Å². The minimum Gasteiger partial charge on any atom is -0.0622 e. The Balaban J connectivity index is 0.000000136. The van der Waals surface area contributed by atoms with Crippen molar-refractivity contribution in [1.29, 1.82) is 0 Å². The second-order valence-electron chi connectivity index (χ2n) is 15.8. The predicted octanol–water partition coefficient (Wildman–Crippen LogP) is 16.7. The van der Waals surface area contributed by atoms with Gasteiger partial charge in [-0.3, -0.25) is 0 Å². The van der Waals surface area contributed by atoms with E-state index in [2.05, 4.69) is 243 Å². The van der Waals surface area contributed by atoms with Crippen LogP contribution in [0.15, 0.2) is 243 Å². The van der Waals surface area contributed by atoms with Crippen LogP contribution >= 0.6 is 0 Å². The lowest BCUT2D eigenvalue weighted by Gasteiger charge is -1.94. The molecule has 0 fully saturated rings. The standard InChI is InChI=1S/2C30H20/c2*1-2-5-25-17-29(18-26(25)6-3-1)30-19-27-15-13-24(14-16-28(27)20-30)23-11-9-21-7-4-8-22(21)10-12-23/h2*1-20H. The van der Waals surface area contributed by atoms with Crippen LogP contribution in [0.25, 0.3) is 111 Å². The molecule has 0 aromatic heterocycles. The Bertz CT molecular complexity index is 2810. The Hall–Kier alpha value is -7.80. The molecule has 280 valence electrons. The van der Waals surface area contributed by atoms with Crippen molar-refractivity contribution in [2.45, 2.75) is 0 Å². The zero-order valence-corrected chi connectivity index (χ0v) is 33.1. The van der Waals surface area contributed by atoms with Crippen molar-refractivity contribution >= 4 is 0 Å². The van der Waals surface area contributed by atoms with Crippen LogP contribution in [0, 0.1) is 0 Å². The highest BCUT2D eigenvalue weighted by molar-refractivity contribution is 5.88. The molecule has 12 rings (SSSR count). The highest BCUT2D eigenvalue weighted by Gasteiger charge is 2.14.